The van der Waals surface area contributed by atoms with Crippen LogP contribution in [0.4, 0.5) is 4.39 Å². The van der Waals surface area contributed by atoms with Gasteiger partial charge in [-0.25, -0.2) is 9.37 Å². The molecule has 1 aromatic heterocycles. The van der Waals surface area contributed by atoms with Gasteiger partial charge in [0, 0.05) is 17.3 Å². The van der Waals surface area contributed by atoms with E-state index in [0.29, 0.717) is 33.7 Å². The number of rotatable bonds is 4. The minimum atomic E-state index is -0.372. The molecule has 5 heteroatoms. The Balaban J connectivity index is 2.36. The van der Waals surface area contributed by atoms with Gasteiger partial charge in [-0.3, -0.25) is 0 Å². The molecule has 0 spiro atoms. The smallest absolute Gasteiger partial charge is 0.222 e. The van der Waals surface area contributed by atoms with Crippen LogP contribution >= 0.6 is 0 Å². The molecule has 0 saturated carbocycles. The van der Waals surface area contributed by atoms with Crippen molar-refractivity contribution in [3.8, 4) is 28.8 Å². The van der Waals surface area contributed by atoms with Crippen LogP contribution in [0.1, 0.15) is 19.4 Å². The van der Waals surface area contributed by atoms with E-state index in [4.69, 9.17) is 9.47 Å². The Morgan fingerprint density at radius 3 is 2.64 bits per heavy atom. The van der Waals surface area contributed by atoms with Crippen molar-refractivity contribution >= 4 is 10.8 Å². The lowest BCUT2D eigenvalue weighted by Gasteiger charge is -2.16. The van der Waals surface area contributed by atoms with Gasteiger partial charge in [-0.1, -0.05) is 12.1 Å². The molecule has 2 aromatic carbocycles. The van der Waals surface area contributed by atoms with Crippen molar-refractivity contribution < 1.29 is 13.9 Å². The van der Waals surface area contributed by atoms with Gasteiger partial charge < -0.3 is 9.47 Å². The Hall–Kier alpha value is -3.13. The standard InChI is InChI=1S/C20H17FN2O2/c1-12(2)25-20-19-13(10-22)5-4-6-15(19)17(11-23-20)16-9-14(21)7-8-18(16)24-3/h4-9,11-12H,1-3H3. The molecule has 25 heavy (non-hydrogen) atoms. The van der Waals surface area contributed by atoms with Crippen molar-refractivity contribution in [3.05, 3.63) is 54.0 Å². The van der Waals surface area contributed by atoms with Crippen LogP contribution in [0.5, 0.6) is 11.6 Å². The molecule has 0 aliphatic rings. The first-order valence-corrected chi connectivity index (χ1v) is 7.87. The first-order chi connectivity index (χ1) is 12.0. The van der Waals surface area contributed by atoms with Gasteiger partial charge in [0.15, 0.2) is 0 Å². The van der Waals surface area contributed by atoms with E-state index in [0.717, 1.165) is 5.39 Å². The lowest BCUT2D eigenvalue weighted by molar-refractivity contribution is 0.236. The zero-order valence-corrected chi connectivity index (χ0v) is 14.2. The first-order valence-electron chi connectivity index (χ1n) is 7.87. The summed E-state index contributed by atoms with van der Waals surface area (Å²) < 4.78 is 25.0. The average Bonchev–Trinajstić information content (AvgIpc) is 2.61. The molecule has 1 heterocycles. The SMILES string of the molecule is COc1ccc(F)cc1-c1cnc(OC(C)C)c2c(C#N)cccc12. The average molecular weight is 336 g/mol. The Bertz CT molecular complexity index is 977. The lowest BCUT2D eigenvalue weighted by Crippen LogP contribution is -2.08. The highest BCUT2D eigenvalue weighted by molar-refractivity contribution is 6.02. The van der Waals surface area contributed by atoms with Gasteiger partial charge in [-0.15, -0.1) is 0 Å². The Labute approximate surface area is 145 Å². The summed E-state index contributed by atoms with van der Waals surface area (Å²) in [6.45, 7) is 3.79. The summed E-state index contributed by atoms with van der Waals surface area (Å²) >= 11 is 0. The molecule has 3 rings (SSSR count). The summed E-state index contributed by atoms with van der Waals surface area (Å²) in [6, 6.07) is 11.9. The van der Waals surface area contributed by atoms with Gasteiger partial charge in [0.1, 0.15) is 11.6 Å². The molecule has 0 N–H and O–H groups in total. The van der Waals surface area contributed by atoms with Gasteiger partial charge in [0.2, 0.25) is 5.88 Å². The predicted octanol–water partition coefficient (Wildman–Crippen LogP) is 4.71. The number of aromatic nitrogens is 1. The second kappa shape index (κ2) is 6.78. The topological polar surface area (TPSA) is 55.1 Å². The van der Waals surface area contributed by atoms with E-state index >= 15 is 0 Å². The second-order valence-electron chi connectivity index (χ2n) is 5.83. The largest absolute Gasteiger partial charge is 0.496 e. The number of nitriles is 1. The zero-order chi connectivity index (χ0) is 18.0. The van der Waals surface area contributed by atoms with Crippen LogP contribution in [0.3, 0.4) is 0 Å². The highest BCUT2D eigenvalue weighted by Crippen LogP contribution is 2.39. The van der Waals surface area contributed by atoms with E-state index in [-0.39, 0.29) is 11.9 Å². The number of pyridine rings is 1. The second-order valence-corrected chi connectivity index (χ2v) is 5.83. The third-order valence-corrected chi connectivity index (χ3v) is 3.80. The Morgan fingerprint density at radius 2 is 1.96 bits per heavy atom. The molecule has 4 nitrogen and oxygen atoms in total. The van der Waals surface area contributed by atoms with Crippen LogP contribution in [0.2, 0.25) is 0 Å². The molecule has 0 atom stereocenters. The fourth-order valence-electron chi connectivity index (χ4n) is 2.78. The first kappa shape index (κ1) is 16.7. The van der Waals surface area contributed by atoms with Crippen molar-refractivity contribution in [2.75, 3.05) is 7.11 Å². The van der Waals surface area contributed by atoms with Crippen LogP contribution in [0.15, 0.2) is 42.6 Å². The normalized spacial score (nSPS) is 10.7. The lowest BCUT2D eigenvalue weighted by atomic mass is 9.97. The molecule has 126 valence electrons. The van der Waals surface area contributed by atoms with E-state index in [1.165, 1.54) is 19.2 Å². The summed E-state index contributed by atoms with van der Waals surface area (Å²) in [7, 11) is 1.53. The highest BCUT2D eigenvalue weighted by atomic mass is 19.1. The molecule has 0 amide bonds. The maximum absolute atomic E-state index is 13.8. The van der Waals surface area contributed by atoms with Crippen molar-refractivity contribution in [2.24, 2.45) is 0 Å². The summed E-state index contributed by atoms with van der Waals surface area (Å²) in [5, 5.41) is 10.9. The van der Waals surface area contributed by atoms with Gasteiger partial charge in [0.05, 0.1) is 30.2 Å². The quantitative estimate of drug-likeness (QED) is 0.692. The monoisotopic (exact) mass is 336 g/mol. The van der Waals surface area contributed by atoms with Crippen molar-refractivity contribution in [3.63, 3.8) is 0 Å². The number of hydrogen-bond acceptors (Lipinski definition) is 4. The number of hydrogen-bond donors (Lipinski definition) is 0. The van der Waals surface area contributed by atoms with E-state index in [1.54, 1.807) is 24.4 Å². The molecular formula is C20H17FN2O2. The minimum Gasteiger partial charge on any atom is -0.496 e. The van der Waals surface area contributed by atoms with E-state index < -0.39 is 0 Å². The molecule has 0 aliphatic heterocycles. The molecule has 0 fully saturated rings. The predicted molar refractivity (Wildman–Crippen MR) is 94.2 cm³/mol. The van der Waals surface area contributed by atoms with Crippen molar-refractivity contribution in [1.82, 2.24) is 4.98 Å². The third kappa shape index (κ3) is 3.11. The number of methoxy groups -OCH3 is 1. The van der Waals surface area contributed by atoms with E-state index in [1.807, 2.05) is 19.9 Å². The summed E-state index contributed by atoms with van der Waals surface area (Å²) in [5.74, 6) is 0.550. The zero-order valence-electron chi connectivity index (χ0n) is 14.2. The maximum atomic E-state index is 13.8. The van der Waals surface area contributed by atoms with Gasteiger partial charge in [-0.2, -0.15) is 5.26 Å². The van der Waals surface area contributed by atoms with Crippen LogP contribution in [0, 0.1) is 17.1 Å². The molecule has 0 aliphatic carbocycles. The van der Waals surface area contributed by atoms with E-state index in [9.17, 15) is 9.65 Å². The van der Waals surface area contributed by atoms with Crippen molar-refractivity contribution in [2.45, 2.75) is 20.0 Å². The fourth-order valence-corrected chi connectivity index (χ4v) is 2.78. The third-order valence-electron chi connectivity index (χ3n) is 3.80. The Morgan fingerprint density at radius 1 is 1.16 bits per heavy atom. The maximum Gasteiger partial charge on any atom is 0.222 e. The molecule has 0 bridgehead atoms. The van der Waals surface area contributed by atoms with Crippen LogP contribution < -0.4 is 9.47 Å². The number of halogens is 1. The van der Waals surface area contributed by atoms with Crippen LogP contribution in [-0.4, -0.2) is 18.2 Å². The van der Waals surface area contributed by atoms with E-state index in [2.05, 4.69) is 11.1 Å². The number of ether oxygens (including phenoxy) is 2. The fraction of sp³-hybridized carbons (Fsp3) is 0.200. The summed E-state index contributed by atoms with van der Waals surface area (Å²) in [5.41, 5.74) is 1.71. The number of fused-ring (bicyclic) bond motifs is 1. The van der Waals surface area contributed by atoms with Crippen LogP contribution in [0.25, 0.3) is 21.9 Å². The van der Waals surface area contributed by atoms with Crippen LogP contribution in [-0.2, 0) is 0 Å². The molecule has 0 radical (unpaired) electrons. The van der Waals surface area contributed by atoms with Crippen molar-refractivity contribution in [1.29, 1.82) is 5.26 Å². The minimum absolute atomic E-state index is 0.0861. The van der Waals surface area contributed by atoms with Gasteiger partial charge in [-0.05, 0) is 43.5 Å². The highest BCUT2D eigenvalue weighted by Gasteiger charge is 2.17. The van der Waals surface area contributed by atoms with Gasteiger partial charge in [0.25, 0.3) is 0 Å². The molecule has 3 aromatic rings. The summed E-state index contributed by atoms with van der Waals surface area (Å²) in [6.07, 6.45) is 1.54. The molecule has 0 saturated heterocycles. The summed E-state index contributed by atoms with van der Waals surface area (Å²) in [4.78, 5) is 4.39. The molecule has 0 unspecified atom stereocenters. The molecular weight excluding hydrogens is 319 g/mol. The Kier molecular flexibility index (Phi) is 4.53. The van der Waals surface area contributed by atoms with Gasteiger partial charge >= 0.3 is 0 Å². The number of benzene rings is 2. The number of nitrogens with zero attached hydrogens (tertiary/aromatic N) is 2.